The molecule has 27 heavy (non-hydrogen) atoms. The molecule has 0 saturated heterocycles. The van der Waals surface area contributed by atoms with Crippen LogP contribution in [0.3, 0.4) is 0 Å². The summed E-state index contributed by atoms with van der Waals surface area (Å²) in [5.41, 5.74) is -3.89. The molecule has 0 aliphatic rings. The van der Waals surface area contributed by atoms with E-state index in [4.69, 9.17) is 11.6 Å². The molecule has 0 radical (unpaired) electrons. The molecule has 0 bridgehead atoms. The smallest absolute Gasteiger partial charge is 0.373 e. The first-order valence-electron chi connectivity index (χ1n) is 7.62. The van der Waals surface area contributed by atoms with Crippen molar-refractivity contribution < 1.29 is 31.5 Å². The summed E-state index contributed by atoms with van der Waals surface area (Å²) in [6.07, 6.45) is -5.19. The van der Waals surface area contributed by atoms with E-state index in [2.05, 4.69) is 0 Å². The molecule has 0 fully saturated rings. The molecule has 1 aromatic rings. The molecule has 0 aliphatic carbocycles. The van der Waals surface area contributed by atoms with Gasteiger partial charge in [-0.1, -0.05) is 11.6 Å². The second-order valence-electron chi connectivity index (χ2n) is 6.30. The Balaban J connectivity index is 3.05. The van der Waals surface area contributed by atoms with Crippen molar-refractivity contribution in [1.29, 1.82) is 0 Å². The van der Waals surface area contributed by atoms with Crippen molar-refractivity contribution in [3.8, 4) is 0 Å². The fourth-order valence-electron chi connectivity index (χ4n) is 1.77. The van der Waals surface area contributed by atoms with E-state index in [-0.39, 0.29) is 22.2 Å². The second-order valence-corrected chi connectivity index (χ2v) is 8.75. The van der Waals surface area contributed by atoms with Crippen LogP contribution in [0.1, 0.15) is 6.92 Å². The second kappa shape index (κ2) is 8.31. The molecule has 0 aliphatic heterocycles. The van der Waals surface area contributed by atoms with E-state index in [0.29, 0.717) is 13.5 Å². The Morgan fingerprint density at radius 3 is 2.22 bits per heavy atom. The Morgan fingerprint density at radius 2 is 1.78 bits per heavy atom. The maximum atomic E-state index is 12.7. The zero-order valence-corrected chi connectivity index (χ0v) is 16.7. The van der Waals surface area contributed by atoms with E-state index in [1.165, 1.54) is 7.05 Å². The maximum absolute atomic E-state index is 12.7. The minimum absolute atomic E-state index is 0.186. The van der Waals surface area contributed by atoms with E-state index in [0.717, 1.165) is 22.5 Å². The van der Waals surface area contributed by atoms with Crippen LogP contribution in [0.2, 0.25) is 5.02 Å². The Kier molecular flexibility index (Phi) is 7.28. The Bertz CT molecular complexity index is 798. The average molecular weight is 432 g/mol. The summed E-state index contributed by atoms with van der Waals surface area (Å²) in [5, 5.41) is 10.9. The van der Waals surface area contributed by atoms with Crippen molar-refractivity contribution in [2.24, 2.45) is 0 Å². The van der Waals surface area contributed by atoms with Gasteiger partial charge in [-0.2, -0.15) is 17.5 Å². The zero-order valence-electron chi connectivity index (χ0n) is 15.1. The van der Waals surface area contributed by atoms with E-state index in [1.54, 1.807) is 19.0 Å². The molecule has 0 saturated carbocycles. The lowest BCUT2D eigenvalue weighted by Gasteiger charge is -2.25. The van der Waals surface area contributed by atoms with Gasteiger partial charge in [0.1, 0.15) is 0 Å². The third-order valence-corrected chi connectivity index (χ3v) is 5.92. The van der Waals surface area contributed by atoms with E-state index < -0.39 is 27.7 Å². The summed E-state index contributed by atoms with van der Waals surface area (Å²) < 4.78 is 64.2. The van der Waals surface area contributed by atoms with Gasteiger partial charge in [0.25, 0.3) is 5.91 Å². The topological polar surface area (TPSA) is 90.0 Å². The van der Waals surface area contributed by atoms with E-state index in [1.807, 2.05) is 5.32 Å². The Labute approximate surface area is 160 Å². The van der Waals surface area contributed by atoms with Crippen molar-refractivity contribution in [1.82, 2.24) is 9.21 Å². The molecule has 0 aromatic heterocycles. The van der Waals surface area contributed by atoms with Gasteiger partial charge in [0.15, 0.2) is 0 Å². The average Bonchev–Trinajstić information content (AvgIpc) is 2.52. The number of hydrogen-bond acceptors (Lipinski definition) is 5. The normalized spacial score (nSPS) is 15.1. The third-order valence-electron chi connectivity index (χ3n) is 3.75. The van der Waals surface area contributed by atoms with Crippen molar-refractivity contribution in [2.45, 2.75) is 23.6 Å². The largest absolute Gasteiger partial charge is 0.426 e. The molecule has 154 valence electrons. The Morgan fingerprint density at radius 1 is 1.22 bits per heavy atom. The molecule has 2 N–H and O–H groups in total. The third kappa shape index (κ3) is 5.55. The number of nitrogens with one attached hydrogen (secondary N) is 1. The predicted octanol–water partition coefficient (Wildman–Crippen LogP) is 1.77. The quantitative estimate of drug-likeness (QED) is 0.686. The standard InChI is InChI=1S/C15H21ClF3N3O4S/c1-14(24,15(17,18)19)13(23)20-12-6-5-10(9-11(12)16)27(25,26)22(4)8-7-21(2)3/h5-6,9,24H,7-8H2,1-4H3,(H,20,23). The number of carbonyl (C=O) groups excluding carboxylic acids is 1. The number of carbonyl (C=O) groups is 1. The molecule has 1 unspecified atom stereocenters. The van der Waals surface area contributed by atoms with Gasteiger partial charge >= 0.3 is 6.18 Å². The summed E-state index contributed by atoms with van der Waals surface area (Å²) in [4.78, 5) is 13.3. The van der Waals surface area contributed by atoms with Crippen LogP contribution in [0.15, 0.2) is 23.1 Å². The lowest BCUT2D eigenvalue weighted by Crippen LogP contribution is -2.52. The molecule has 0 heterocycles. The number of aliphatic hydroxyl groups is 1. The van der Waals surface area contributed by atoms with Gasteiger partial charge in [-0.3, -0.25) is 4.79 Å². The lowest BCUT2D eigenvalue weighted by atomic mass is 10.1. The molecular formula is C15H21ClF3N3O4S. The van der Waals surface area contributed by atoms with Crippen molar-refractivity contribution in [2.75, 3.05) is 39.5 Å². The number of alkyl halides is 3. The van der Waals surface area contributed by atoms with Gasteiger partial charge in [-0.25, -0.2) is 8.42 Å². The van der Waals surface area contributed by atoms with Crippen LogP contribution in [0.5, 0.6) is 0 Å². The van der Waals surface area contributed by atoms with E-state index in [9.17, 15) is 31.5 Å². The molecule has 0 spiro atoms. The number of rotatable bonds is 7. The molecule has 7 nitrogen and oxygen atoms in total. The molecular weight excluding hydrogens is 411 g/mol. The number of nitrogens with zero attached hydrogens (tertiary/aromatic N) is 2. The fourth-order valence-corrected chi connectivity index (χ4v) is 3.25. The summed E-state index contributed by atoms with van der Waals surface area (Å²) in [5.74, 6) is -1.74. The summed E-state index contributed by atoms with van der Waals surface area (Å²) in [6, 6.07) is 3.17. The first kappa shape index (κ1) is 23.6. The van der Waals surface area contributed by atoms with Gasteiger partial charge in [0, 0.05) is 20.1 Å². The van der Waals surface area contributed by atoms with Gasteiger partial charge in [0.2, 0.25) is 15.6 Å². The molecule has 1 amide bonds. The number of amides is 1. The SMILES string of the molecule is CN(C)CCN(C)S(=O)(=O)c1ccc(NC(=O)C(C)(O)C(F)(F)F)c(Cl)c1. The number of sulfonamides is 1. The highest BCUT2D eigenvalue weighted by Crippen LogP contribution is 2.33. The Hall–Kier alpha value is -1.40. The molecule has 1 atom stereocenters. The van der Waals surface area contributed by atoms with Gasteiger partial charge < -0.3 is 15.3 Å². The summed E-state index contributed by atoms with van der Waals surface area (Å²) >= 11 is 5.91. The van der Waals surface area contributed by atoms with Crippen LogP contribution in [0, 0.1) is 0 Å². The van der Waals surface area contributed by atoms with Crippen LogP contribution in [-0.2, 0) is 14.8 Å². The van der Waals surface area contributed by atoms with Crippen molar-refractivity contribution in [3.63, 3.8) is 0 Å². The van der Waals surface area contributed by atoms with E-state index >= 15 is 0 Å². The predicted molar refractivity (Wildman–Crippen MR) is 95.1 cm³/mol. The van der Waals surface area contributed by atoms with Gasteiger partial charge in [-0.05, 0) is 39.2 Å². The fraction of sp³-hybridized carbons (Fsp3) is 0.533. The zero-order chi connectivity index (χ0) is 21.2. The van der Waals surface area contributed by atoms with Crippen LogP contribution >= 0.6 is 11.6 Å². The lowest BCUT2D eigenvalue weighted by molar-refractivity contribution is -0.242. The van der Waals surface area contributed by atoms with Crippen molar-refractivity contribution >= 4 is 33.2 Å². The maximum Gasteiger partial charge on any atom is 0.426 e. The first-order chi connectivity index (χ1) is 12.1. The highest BCUT2D eigenvalue weighted by molar-refractivity contribution is 7.89. The first-order valence-corrected chi connectivity index (χ1v) is 9.43. The van der Waals surface area contributed by atoms with Crippen LogP contribution in [-0.4, -0.2) is 74.6 Å². The van der Waals surface area contributed by atoms with Gasteiger partial charge in [-0.15, -0.1) is 0 Å². The summed E-state index contributed by atoms with van der Waals surface area (Å²) in [6.45, 7) is 0.985. The molecule has 1 aromatic carbocycles. The van der Waals surface area contributed by atoms with Crippen LogP contribution in [0.4, 0.5) is 18.9 Å². The molecule has 1 rings (SSSR count). The summed E-state index contributed by atoms with van der Waals surface area (Å²) in [7, 11) is 1.07. The monoisotopic (exact) mass is 431 g/mol. The highest BCUT2D eigenvalue weighted by Gasteiger charge is 2.55. The molecule has 12 heteroatoms. The number of anilines is 1. The minimum atomic E-state index is -5.19. The van der Waals surface area contributed by atoms with Gasteiger partial charge in [0.05, 0.1) is 15.6 Å². The highest BCUT2D eigenvalue weighted by atomic mass is 35.5. The minimum Gasteiger partial charge on any atom is -0.373 e. The number of benzene rings is 1. The number of hydrogen-bond donors (Lipinski definition) is 2. The number of likely N-dealkylation sites (N-methyl/N-ethyl adjacent to an activating group) is 2. The van der Waals surface area contributed by atoms with Crippen molar-refractivity contribution in [3.05, 3.63) is 23.2 Å². The van der Waals surface area contributed by atoms with Crippen LogP contribution < -0.4 is 5.32 Å². The van der Waals surface area contributed by atoms with Crippen LogP contribution in [0.25, 0.3) is 0 Å². The number of halogens is 4.